The van der Waals surface area contributed by atoms with Crippen molar-refractivity contribution in [1.82, 2.24) is 26.2 Å². The van der Waals surface area contributed by atoms with E-state index >= 15 is 0 Å². The summed E-state index contributed by atoms with van der Waals surface area (Å²) in [6.07, 6.45) is 0.0274. The van der Waals surface area contributed by atoms with Gasteiger partial charge in [-0.05, 0) is 36.1 Å². The fourth-order valence-electron chi connectivity index (χ4n) is 4.45. The highest BCUT2D eigenvalue weighted by molar-refractivity contribution is 5.94. The van der Waals surface area contributed by atoms with E-state index in [0.717, 1.165) is 30.2 Å². The molecule has 2 heterocycles. The number of hydrogen-bond donors (Lipinski definition) is 5. The number of benzene rings is 2. The Morgan fingerprint density at radius 1 is 1.02 bits per heavy atom. The van der Waals surface area contributed by atoms with Crippen LogP contribution in [0.3, 0.4) is 0 Å². The van der Waals surface area contributed by atoms with Gasteiger partial charge in [-0.15, -0.1) is 0 Å². The number of aliphatic imine (C=N–C) groups is 1. The van der Waals surface area contributed by atoms with Crippen LogP contribution in [0.25, 0.3) is 0 Å². The molecule has 1 atom stereocenters. The molecule has 2 aromatic rings. The van der Waals surface area contributed by atoms with Crippen molar-refractivity contribution in [2.75, 3.05) is 32.7 Å². The monoisotopic (exact) mass is 550 g/mol. The standard InChI is InChI=1S/C28H34N6O6/c35-24(31-17-23(26(37)38)33-28(39)40-18-20-4-2-1-3-5-20)21-10-14-34(15-11-21)25(36)22-8-6-19(7-9-22)16-32-27-29-12-13-30-27/h1-9,21,23H,10-18H2,(H,31,35)(H,33,39)(H,37,38)(H2,29,30,32)/t23-/m0/s1. The maximum Gasteiger partial charge on any atom is 0.408 e. The number of guanidine groups is 1. The van der Waals surface area contributed by atoms with Crippen molar-refractivity contribution in [2.45, 2.75) is 32.0 Å². The number of carbonyl (C=O) groups is 4. The molecule has 40 heavy (non-hydrogen) atoms. The summed E-state index contributed by atoms with van der Waals surface area (Å²) in [4.78, 5) is 55.3. The van der Waals surface area contributed by atoms with E-state index in [2.05, 4.69) is 26.3 Å². The number of likely N-dealkylation sites (tertiary alicyclic amines) is 1. The highest BCUT2D eigenvalue weighted by Crippen LogP contribution is 2.19. The van der Waals surface area contributed by atoms with Gasteiger partial charge in [-0.25, -0.2) is 9.59 Å². The van der Waals surface area contributed by atoms with Crippen LogP contribution in [0.4, 0.5) is 4.79 Å². The predicted molar refractivity (Wildman–Crippen MR) is 146 cm³/mol. The minimum absolute atomic E-state index is 0.00210. The first-order valence-electron chi connectivity index (χ1n) is 13.3. The van der Waals surface area contributed by atoms with Crippen molar-refractivity contribution < 1.29 is 29.0 Å². The Bertz CT molecular complexity index is 1210. The molecule has 3 amide bonds. The molecular weight excluding hydrogens is 516 g/mol. The van der Waals surface area contributed by atoms with Crippen LogP contribution in [0.2, 0.25) is 0 Å². The predicted octanol–water partition coefficient (Wildman–Crippen LogP) is 1.08. The number of nitrogens with zero attached hydrogens (tertiary/aromatic N) is 2. The van der Waals surface area contributed by atoms with Gasteiger partial charge in [0.15, 0.2) is 5.96 Å². The molecule has 12 heteroatoms. The second-order valence-electron chi connectivity index (χ2n) is 9.62. The van der Waals surface area contributed by atoms with Gasteiger partial charge in [0.2, 0.25) is 5.91 Å². The lowest BCUT2D eigenvalue weighted by molar-refractivity contribution is -0.139. The van der Waals surface area contributed by atoms with E-state index in [4.69, 9.17) is 4.74 Å². The minimum atomic E-state index is -1.34. The average Bonchev–Trinajstić information content (AvgIpc) is 3.51. The van der Waals surface area contributed by atoms with Crippen molar-refractivity contribution in [1.29, 1.82) is 0 Å². The Morgan fingerprint density at radius 2 is 1.75 bits per heavy atom. The van der Waals surface area contributed by atoms with Gasteiger partial charge in [-0.2, -0.15) is 0 Å². The third kappa shape index (κ3) is 8.19. The van der Waals surface area contributed by atoms with Crippen LogP contribution in [0.5, 0.6) is 0 Å². The molecule has 0 spiro atoms. The van der Waals surface area contributed by atoms with Crippen molar-refractivity contribution in [2.24, 2.45) is 10.9 Å². The number of amides is 3. The smallest absolute Gasteiger partial charge is 0.408 e. The number of piperidine rings is 1. The van der Waals surface area contributed by atoms with Gasteiger partial charge in [0, 0.05) is 44.2 Å². The quantitative estimate of drug-likeness (QED) is 0.294. The number of rotatable bonds is 10. The third-order valence-electron chi connectivity index (χ3n) is 6.77. The van der Waals surface area contributed by atoms with Crippen molar-refractivity contribution in [3.05, 3.63) is 71.3 Å². The van der Waals surface area contributed by atoms with E-state index in [1.807, 2.05) is 18.2 Å². The first kappa shape index (κ1) is 28.4. The van der Waals surface area contributed by atoms with Crippen LogP contribution in [0.15, 0.2) is 59.6 Å². The topological polar surface area (TPSA) is 161 Å². The zero-order valence-corrected chi connectivity index (χ0v) is 22.1. The van der Waals surface area contributed by atoms with E-state index < -0.39 is 18.1 Å². The lowest BCUT2D eigenvalue weighted by atomic mass is 9.95. The molecule has 2 aliphatic heterocycles. The molecule has 2 aliphatic rings. The van der Waals surface area contributed by atoms with Crippen LogP contribution in [-0.2, 0) is 27.5 Å². The van der Waals surface area contributed by atoms with E-state index in [1.165, 1.54) is 0 Å². The minimum Gasteiger partial charge on any atom is -0.480 e. The summed E-state index contributed by atoms with van der Waals surface area (Å²) in [5, 5.41) is 20.7. The number of aliphatic carboxylic acids is 1. The molecule has 12 nitrogen and oxygen atoms in total. The fraction of sp³-hybridized carbons (Fsp3) is 0.393. The molecule has 212 valence electrons. The van der Waals surface area contributed by atoms with Crippen LogP contribution in [-0.4, -0.2) is 78.6 Å². The van der Waals surface area contributed by atoms with E-state index in [0.29, 0.717) is 38.0 Å². The molecule has 5 N–H and O–H groups in total. The zero-order chi connectivity index (χ0) is 28.3. The molecule has 0 radical (unpaired) electrons. The summed E-state index contributed by atoms with van der Waals surface area (Å²) in [6, 6.07) is 15.1. The van der Waals surface area contributed by atoms with E-state index in [9.17, 15) is 24.3 Å². The first-order valence-corrected chi connectivity index (χ1v) is 13.3. The number of ether oxygens (including phenoxy) is 1. The van der Waals surface area contributed by atoms with Crippen LogP contribution < -0.4 is 21.3 Å². The summed E-state index contributed by atoms with van der Waals surface area (Å²) in [5.41, 5.74) is 2.37. The van der Waals surface area contributed by atoms with Crippen molar-refractivity contribution in [3.63, 3.8) is 0 Å². The third-order valence-corrected chi connectivity index (χ3v) is 6.77. The molecule has 0 unspecified atom stereocenters. The summed E-state index contributed by atoms with van der Waals surface area (Å²) in [6.45, 7) is 2.75. The van der Waals surface area contributed by atoms with Crippen molar-refractivity contribution >= 4 is 29.8 Å². The van der Waals surface area contributed by atoms with Crippen molar-refractivity contribution in [3.8, 4) is 0 Å². The molecule has 1 fully saturated rings. The first-order chi connectivity index (χ1) is 19.4. The number of alkyl carbamates (subject to hydrolysis) is 1. The average molecular weight is 551 g/mol. The second kappa shape index (κ2) is 14.0. The molecule has 0 bridgehead atoms. The molecule has 1 saturated heterocycles. The molecule has 0 saturated carbocycles. The SMILES string of the molecule is O=C(N[C@@H](CNC(=O)C1CCN(C(=O)c2ccc(CNC3=NCCN3)cc2)CC1)C(=O)O)OCc1ccccc1. The van der Waals surface area contributed by atoms with Gasteiger partial charge in [0.25, 0.3) is 5.91 Å². The molecule has 0 aromatic heterocycles. The lowest BCUT2D eigenvalue weighted by Crippen LogP contribution is -2.50. The largest absolute Gasteiger partial charge is 0.480 e. The summed E-state index contributed by atoms with van der Waals surface area (Å²) < 4.78 is 5.07. The Labute approximate surface area is 232 Å². The Hall–Kier alpha value is -4.61. The number of carbonyl (C=O) groups excluding carboxylic acids is 3. The van der Waals surface area contributed by atoms with Gasteiger partial charge >= 0.3 is 12.1 Å². The molecule has 2 aromatic carbocycles. The normalized spacial score (nSPS) is 15.8. The Morgan fingerprint density at radius 3 is 2.40 bits per heavy atom. The summed E-state index contributed by atoms with van der Waals surface area (Å²) in [5.74, 6) is -1.27. The maximum absolute atomic E-state index is 13.0. The lowest BCUT2D eigenvalue weighted by Gasteiger charge is -2.31. The van der Waals surface area contributed by atoms with E-state index in [1.54, 1.807) is 41.3 Å². The zero-order valence-electron chi connectivity index (χ0n) is 22.1. The number of nitrogens with one attached hydrogen (secondary N) is 4. The fourth-order valence-corrected chi connectivity index (χ4v) is 4.45. The number of carboxylic acids is 1. The van der Waals surface area contributed by atoms with Gasteiger partial charge in [0.05, 0.1) is 6.54 Å². The number of hydrogen-bond acceptors (Lipinski definition) is 8. The van der Waals surface area contributed by atoms with Gasteiger partial charge in [0.1, 0.15) is 12.6 Å². The summed E-state index contributed by atoms with van der Waals surface area (Å²) >= 11 is 0. The van der Waals surface area contributed by atoms with Crippen LogP contribution in [0, 0.1) is 5.92 Å². The Kier molecular flexibility index (Phi) is 9.92. The van der Waals surface area contributed by atoms with Gasteiger partial charge in [-0.3, -0.25) is 14.6 Å². The Balaban J connectivity index is 1.18. The summed E-state index contributed by atoms with van der Waals surface area (Å²) in [7, 11) is 0. The maximum atomic E-state index is 13.0. The highest BCUT2D eigenvalue weighted by atomic mass is 16.5. The highest BCUT2D eigenvalue weighted by Gasteiger charge is 2.29. The van der Waals surface area contributed by atoms with Crippen LogP contribution in [0.1, 0.15) is 34.3 Å². The van der Waals surface area contributed by atoms with Gasteiger partial charge < -0.3 is 36.0 Å². The molecular formula is C28H34N6O6. The second-order valence-corrected chi connectivity index (χ2v) is 9.62. The van der Waals surface area contributed by atoms with Gasteiger partial charge in [-0.1, -0.05) is 42.5 Å². The molecule has 4 rings (SSSR count). The number of carboxylic acid groups (broad SMARTS) is 1. The van der Waals surface area contributed by atoms with E-state index in [-0.39, 0.29) is 30.9 Å². The molecule has 0 aliphatic carbocycles. The van der Waals surface area contributed by atoms with Crippen LogP contribution >= 0.6 is 0 Å².